The Morgan fingerprint density at radius 2 is 1.11 bits per heavy atom. The summed E-state index contributed by atoms with van der Waals surface area (Å²) in [6.45, 7) is 0.177. The Labute approximate surface area is 311 Å². The Bertz CT molecular complexity index is 2290. The smallest absolute Gasteiger partial charge is 0.293 e. The lowest BCUT2D eigenvalue weighted by Crippen LogP contribution is -2.39. The Morgan fingerprint density at radius 3 is 1.60 bits per heavy atom. The molecule has 20 heteroatoms. The van der Waals surface area contributed by atoms with Crippen LogP contribution in [0.2, 0.25) is 0 Å². The van der Waals surface area contributed by atoms with Crippen molar-refractivity contribution in [3.63, 3.8) is 0 Å². The van der Waals surface area contributed by atoms with E-state index in [0.29, 0.717) is 0 Å². The summed E-state index contributed by atoms with van der Waals surface area (Å²) in [7, 11) is 1.41. The van der Waals surface area contributed by atoms with Crippen LogP contribution in [-0.4, -0.2) is 112 Å². The lowest BCUT2D eigenvalue weighted by Gasteiger charge is -2.26. The molecule has 0 aromatic carbocycles. The van der Waals surface area contributed by atoms with Gasteiger partial charge >= 0.3 is 0 Å². The van der Waals surface area contributed by atoms with Crippen molar-refractivity contribution < 1.29 is 39.8 Å². The summed E-state index contributed by atoms with van der Waals surface area (Å²) in [5.74, 6) is -4.34. The Kier molecular flexibility index (Phi) is 13.7. The average molecular weight is 765 g/mol. The average Bonchev–Trinajstić information content (AvgIpc) is 3.16. The summed E-state index contributed by atoms with van der Waals surface area (Å²) in [6, 6.07) is 9.72. The maximum Gasteiger partial charge on any atom is 0.293 e. The Hall–Kier alpha value is -7.12. The van der Waals surface area contributed by atoms with Crippen LogP contribution in [0, 0.1) is 0 Å². The predicted molar refractivity (Wildman–Crippen MR) is 193 cm³/mol. The van der Waals surface area contributed by atoms with Gasteiger partial charge in [-0.25, -0.2) is 0 Å². The van der Waals surface area contributed by atoms with Gasteiger partial charge in [-0.3, -0.25) is 38.4 Å². The summed E-state index contributed by atoms with van der Waals surface area (Å²) in [5.41, 5.74) is -4.40. The standard InChI is InChI=1S/C35H40N8O12/c1-39-21-13-23(29(47)35(39)53)31(49)37-15-7-20-41(34(52)25-9-5-11-27(45)43(25)55)18-3-2-17-40(33(51)24-8-4-10-26(44)42(24)54)19-6-14-36-30(48)22-12-16-38-32(50)28(22)46/h4-5,8-13,16,21,46-47,54-55H,2-3,6-7,14-15,17-20H2,1H3,(H,36,48)(H,37,49)(H,38,50). The molecule has 0 fully saturated rings. The molecule has 0 atom stereocenters. The monoisotopic (exact) mass is 764 g/mol. The molecule has 292 valence electrons. The van der Waals surface area contributed by atoms with Crippen molar-refractivity contribution in [2.45, 2.75) is 25.7 Å². The number of hydrogen-bond acceptors (Lipinski definition) is 12. The van der Waals surface area contributed by atoms with Crippen LogP contribution in [0.4, 0.5) is 0 Å². The number of aromatic amines is 1. The van der Waals surface area contributed by atoms with E-state index in [-0.39, 0.29) is 96.9 Å². The summed E-state index contributed by atoms with van der Waals surface area (Å²) < 4.78 is 1.52. The van der Waals surface area contributed by atoms with E-state index in [1.165, 1.54) is 65.6 Å². The molecule has 4 aromatic rings. The second-order valence-electron chi connectivity index (χ2n) is 12.2. The van der Waals surface area contributed by atoms with Crippen molar-refractivity contribution in [2.24, 2.45) is 7.05 Å². The van der Waals surface area contributed by atoms with Gasteiger partial charge in [0.05, 0.1) is 11.1 Å². The molecule has 0 unspecified atom stereocenters. The quantitative estimate of drug-likeness (QED) is 0.0519. The number of amides is 4. The van der Waals surface area contributed by atoms with E-state index < -0.39 is 57.4 Å². The number of nitrogens with zero attached hydrogens (tertiary/aromatic N) is 5. The third-order valence-corrected chi connectivity index (χ3v) is 8.43. The zero-order valence-electron chi connectivity index (χ0n) is 29.6. The summed E-state index contributed by atoms with van der Waals surface area (Å²) in [5, 5.41) is 45.6. The van der Waals surface area contributed by atoms with Crippen LogP contribution in [0.5, 0.6) is 11.5 Å². The SMILES string of the molecule is Cn1ccc(C(=O)NCCCN(CCCCN(CCCNC(=O)c2cc[nH]c(=O)c2O)C(=O)c2cccc(=O)n2O)C(=O)c2cccc(=O)n2O)c(O)c1=O. The van der Waals surface area contributed by atoms with Crippen molar-refractivity contribution in [2.75, 3.05) is 39.3 Å². The fourth-order valence-electron chi connectivity index (χ4n) is 5.43. The first-order valence-corrected chi connectivity index (χ1v) is 17.0. The van der Waals surface area contributed by atoms with Gasteiger partial charge in [-0.2, -0.15) is 0 Å². The topological polar surface area (TPSA) is 279 Å². The molecule has 0 saturated carbocycles. The molecule has 4 rings (SSSR count). The number of H-pyrrole nitrogens is 1. The van der Waals surface area contributed by atoms with E-state index in [0.717, 1.165) is 16.7 Å². The third-order valence-electron chi connectivity index (χ3n) is 8.43. The molecule has 4 aromatic heterocycles. The highest BCUT2D eigenvalue weighted by molar-refractivity contribution is 5.97. The molecule has 0 aliphatic carbocycles. The fraction of sp³-hybridized carbons (Fsp3) is 0.314. The highest BCUT2D eigenvalue weighted by Crippen LogP contribution is 2.12. The van der Waals surface area contributed by atoms with Gasteiger partial charge in [0.15, 0.2) is 11.5 Å². The van der Waals surface area contributed by atoms with Gasteiger partial charge in [0.2, 0.25) is 0 Å². The van der Waals surface area contributed by atoms with E-state index in [1.54, 1.807) is 0 Å². The highest BCUT2D eigenvalue weighted by Gasteiger charge is 2.23. The van der Waals surface area contributed by atoms with Crippen LogP contribution in [0.1, 0.15) is 67.4 Å². The second-order valence-corrected chi connectivity index (χ2v) is 12.2. The van der Waals surface area contributed by atoms with Crippen LogP contribution >= 0.6 is 0 Å². The first-order chi connectivity index (χ1) is 26.2. The van der Waals surface area contributed by atoms with Gasteiger partial charge in [0.25, 0.3) is 45.9 Å². The van der Waals surface area contributed by atoms with Crippen molar-refractivity contribution in [3.05, 3.63) is 125 Å². The van der Waals surface area contributed by atoms with Gasteiger partial charge in [-0.15, -0.1) is 9.46 Å². The first-order valence-electron chi connectivity index (χ1n) is 17.0. The normalized spacial score (nSPS) is 10.8. The molecular weight excluding hydrogens is 724 g/mol. The number of pyridine rings is 4. The van der Waals surface area contributed by atoms with Crippen LogP contribution in [0.3, 0.4) is 0 Å². The molecule has 55 heavy (non-hydrogen) atoms. The molecule has 0 aliphatic heterocycles. The minimum Gasteiger partial charge on any atom is -0.502 e. The number of rotatable bonds is 17. The molecule has 0 aliphatic rings. The number of aromatic hydroxyl groups is 2. The van der Waals surface area contributed by atoms with E-state index in [2.05, 4.69) is 15.6 Å². The molecule has 4 heterocycles. The highest BCUT2D eigenvalue weighted by atomic mass is 16.5. The van der Waals surface area contributed by atoms with Gasteiger partial charge in [0, 0.05) is 70.8 Å². The van der Waals surface area contributed by atoms with Gasteiger partial charge in [-0.05, 0) is 49.9 Å². The molecule has 0 radical (unpaired) electrons. The minimum absolute atomic E-state index is 0.00880. The Morgan fingerprint density at radius 1 is 0.655 bits per heavy atom. The maximum absolute atomic E-state index is 13.5. The number of unbranched alkanes of at least 4 members (excludes halogenated alkanes) is 1. The van der Waals surface area contributed by atoms with E-state index >= 15 is 0 Å². The van der Waals surface area contributed by atoms with Gasteiger partial charge < -0.3 is 50.6 Å². The van der Waals surface area contributed by atoms with Crippen molar-refractivity contribution in [1.82, 2.24) is 39.4 Å². The molecule has 0 bridgehead atoms. The number of aryl methyl sites for hydroxylation is 1. The Balaban J connectivity index is 1.41. The van der Waals surface area contributed by atoms with Crippen molar-refractivity contribution in [3.8, 4) is 11.5 Å². The fourth-order valence-corrected chi connectivity index (χ4v) is 5.43. The largest absolute Gasteiger partial charge is 0.502 e. The third kappa shape index (κ3) is 10.1. The summed E-state index contributed by atoms with van der Waals surface area (Å²) in [4.78, 5) is 105. The second kappa shape index (κ2) is 18.6. The van der Waals surface area contributed by atoms with Crippen molar-refractivity contribution >= 4 is 23.6 Å². The molecular formula is C35H40N8O12. The molecule has 0 saturated heterocycles. The molecule has 20 nitrogen and oxygen atoms in total. The van der Waals surface area contributed by atoms with E-state index in [9.17, 15) is 59.0 Å². The lowest BCUT2D eigenvalue weighted by molar-refractivity contribution is 0.0657. The van der Waals surface area contributed by atoms with Gasteiger partial charge in [0.1, 0.15) is 11.4 Å². The zero-order chi connectivity index (χ0) is 40.2. The number of hydrogen-bond donors (Lipinski definition) is 7. The van der Waals surface area contributed by atoms with Crippen LogP contribution in [-0.2, 0) is 7.05 Å². The summed E-state index contributed by atoms with van der Waals surface area (Å²) in [6.07, 6.45) is 3.42. The predicted octanol–water partition coefficient (Wildman–Crippen LogP) is -0.712. The minimum atomic E-state index is -0.845. The van der Waals surface area contributed by atoms with Crippen molar-refractivity contribution in [1.29, 1.82) is 0 Å². The number of aromatic nitrogens is 4. The van der Waals surface area contributed by atoms with E-state index in [4.69, 9.17) is 0 Å². The zero-order valence-corrected chi connectivity index (χ0v) is 29.6. The molecule has 4 amide bonds. The van der Waals surface area contributed by atoms with E-state index in [1.807, 2.05) is 0 Å². The molecule has 7 N–H and O–H groups in total. The summed E-state index contributed by atoms with van der Waals surface area (Å²) >= 11 is 0. The first kappa shape index (κ1) is 40.6. The number of carbonyl (C=O) groups excluding carboxylic acids is 4. The molecule has 0 spiro atoms. The number of nitrogens with one attached hydrogen (secondary N) is 3. The van der Waals surface area contributed by atoms with Crippen LogP contribution < -0.4 is 32.9 Å². The van der Waals surface area contributed by atoms with Gasteiger partial charge in [-0.1, -0.05) is 12.1 Å². The lowest BCUT2D eigenvalue weighted by atomic mass is 10.2. The maximum atomic E-state index is 13.5. The van der Waals surface area contributed by atoms with Crippen LogP contribution in [0.25, 0.3) is 0 Å². The number of carbonyl (C=O) groups is 4. The van der Waals surface area contributed by atoms with Crippen LogP contribution in [0.15, 0.2) is 80.1 Å².